The van der Waals surface area contributed by atoms with Crippen LogP contribution in [-0.4, -0.2) is 59.9 Å². The van der Waals surface area contributed by atoms with Crippen LogP contribution in [-0.2, 0) is 9.53 Å². The second kappa shape index (κ2) is 5.55. The maximum Gasteiger partial charge on any atom is 0.304 e. The van der Waals surface area contributed by atoms with Gasteiger partial charge in [-0.05, 0) is 26.7 Å². The fourth-order valence-corrected chi connectivity index (χ4v) is 3.12. The maximum atomic E-state index is 10.8. The second-order valence-electron chi connectivity index (χ2n) is 6.15. The van der Waals surface area contributed by atoms with Gasteiger partial charge in [-0.25, -0.2) is 0 Å². The van der Waals surface area contributed by atoms with Gasteiger partial charge in [-0.3, -0.25) is 9.69 Å². The van der Waals surface area contributed by atoms with Crippen LogP contribution >= 0.6 is 0 Å². The van der Waals surface area contributed by atoms with Crippen molar-refractivity contribution in [1.29, 1.82) is 0 Å². The number of nitrogens with one attached hydrogen (secondary N) is 1. The molecule has 2 aliphatic rings. The predicted molar refractivity (Wildman–Crippen MR) is 68.7 cm³/mol. The third kappa shape index (κ3) is 3.93. The number of carboxylic acids is 1. The van der Waals surface area contributed by atoms with Crippen molar-refractivity contribution >= 4 is 5.97 Å². The Labute approximate surface area is 108 Å². The van der Waals surface area contributed by atoms with E-state index in [0.717, 1.165) is 39.1 Å². The van der Waals surface area contributed by atoms with Crippen molar-refractivity contribution in [3.05, 3.63) is 0 Å². The lowest BCUT2D eigenvalue weighted by Crippen LogP contribution is -2.63. The van der Waals surface area contributed by atoms with Gasteiger partial charge in [0, 0.05) is 37.8 Å². The summed E-state index contributed by atoms with van der Waals surface area (Å²) in [5.74, 6) is -0.734. The van der Waals surface area contributed by atoms with E-state index < -0.39 is 5.97 Å². The Morgan fingerprint density at radius 1 is 1.56 bits per heavy atom. The lowest BCUT2D eigenvalue weighted by molar-refractivity contribution is -0.138. The van der Waals surface area contributed by atoms with Crippen LogP contribution in [0.1, 0.15) is 33.1 Å². The molecule has 2 rings (SSSR count). The quantitative estimate of drug-likeness (QED) is 0.775. The summed E-state index contributed by atoms with van der Waals surface area (Å²) in [6.07, 6.45) is 2.81. The lowest BCUT2D eigenvalue weighted by atomic mass is 9.96. The third-order valence-corrected chi connectivity index (χ3v) is 3.60. The zero-order chi connectivity index (χ0) is 13.2. The molecule has 2 N–H and O–H groups in total. The van der Waals surface area contributed by atoms with Crippen LogP contribution in [0.2, 0.25) is 0 Å². The van der Waals surface area contributed by atoms with E-state index in [-0.39, 0.29) is 18.0 Å². The minimum atomic E-state index is -0.734. The summed E-state index contributed by atoms with van der Waals surface area (Å²) in [6, 6.07) is 0.0349. The Kier molecular flexibility index (Phi) is 4.25. The molecule has 104 valence electrons. The van der Waals surface area contributed by atoms with Gasteiger partial charge < -0.3 is 15.2 Å². The minimum absolute atomic E-state index is 0.0308. The number of aliphatic carboxylic acids is 1. The van der Waals surface area contributed by atoms with Crippen molar-refractivity contribution in [2.24, 2.45) is 0 Å². The van der Waals surface area contributed by atoms with Crippen LogP contribution < -0.4 is 5.32 Å². The molecule has 2 saturated heterocycles. The molecule has 2 aliphatic heterocycles. The van der Waals surface area contributed by atoms with Crippen molar-refractivity contribution in [3.8, 4) is 0 Å². The normalized spacial score (nSPS) is 32.6. The highest BCUT2D eigenvalue weighted by atomic mass is 16.5. The summed E-state index contributed by atoms with van der Waals surface area (Å²) in [6.45, 7) is 7.81. The van der Waals surface area contributed by atoms with Gasteiger partial charge in [0.1, 0.15) is 0 Å². The highest BCUT2D eigenvalue weighted by Crippen LogP contribution is 2.19. The lowest BCUT2D eigenvalue weighted by Gasteiger charge is -2.44. The molecular weight excluding hydrogens is 232 g/mol. The standard InChI is InChI=1S/C13H24N2O3/c1-13(2)9-15(8-11-4-3-5-18-11)7-10(14-13)6-12(16)17/h10-11,14H,3-9H2,1-2H3,(H,16,17). The molecule has 2 fully saturated rings. The average Bonchev–Trinajstić information content (AvgIpc) is 2.66. The summed E-state index contributed by atoms with van der Waals surface area (Å²) >= 11 is 0. The highest BCUT2D eigenvalue weighted by molar-refractivity contribution is 5.67. The summed E-state index contributed by atoms with van der Waals surface area (Å²) in [5, 5.41) is 12.3. The summed E-state index contributed by atoms with van der Waals surface area (Å²) < 4.78 is 5.66. The van der Waals surface area contributed by atoms with E-state index in [0.29, 0.717) is 6.10 Å². The van der Waals surface area contributed by atoms with Gasteiger partial charge in [-0.1, -0.05) is 0 Å². The van der Waals surface area contributed by atoms with Crippen LogP contribution in [0.25, 0.3) is 0 Å². The molecule has 0 aromatic heterocycles. The van der Waals surface area contributed by atoms with Crippen molar-refractivity contribution in [1.82, 2.24) is 10.2 Å². The molecule has 5 nitrogen and oxygen atoms in total. The van der Waals surface area contributed by atoms with Crippen LogP contribution in [0.15, 0.2) is 0 Å². The second-order valence-corrected chi connectivity index (χ2v) is 6.15. The topological polar surface area (TPSA) is 61.8 Å². The summed E-state index contributed by atoms with van der Waals surface area (Å²) in [5.41, 5.74) is -0.0308. The van der Waals surface area contributed by atoms with E-state index >= 15 is 0 Å². The molecule has 0 aromatic carbocycles. The fraction of sp³-hybridized carbons (Fsp3) is 0.923. The molecule has 2 atom stereocenters. The molecule has 0 aliphatic carbocycles. The molecule has 0 spiro atoms. The molecule has 0 radical (unpaired) electrons. The van der Waals surface area contributed by atoms with Gasteiger partial charge in [0.05, 0.1) is 12.5 Å². The van der Waals surface area contributed by atoms with Crippen molar-refractivity contribution in [2.75, 3.05) is 26.2 Å². The van der Waals surface area contributed by atoms with Crippen molar-refractivity contribution in [2.45, 2.75) is 50.8 Å². The van der Waals surface area contributed by atoms with Gasteiger partial charge in [0.2, 0.25) is 0 Å². The first-order valence-corrected chi connectivity index (χ1v) is 6.78. The molecule has 0 bridgehead atoms. The van der Waals surface area contributed by atoms with E-state index in [1.165, 1.54) is 0 Å². The Hall–Kier alpha value is -0.650. The maximum absolute atomic E-state index is 10.8. The zero-order valence-corrected chi connectivity index (χ0v) is 11.3. The first-order valence-electron chi connectivity index (χ1n) is 6.78. The third-order valence-electron chi connectivity index (χ3n) is 3.60. The first-order chi connectivity index (χ1) is 8.44. The van der Waals surface area contributed by atoms with E-state index in [2.05, 4.69) is 24.1 Å². The van der Waals surface area contributed by atoms with Crippen LogP contribution in [0.5, 0.6) is 0 Å². The van der Waals surface area contributed by atoms with Gasteiger partial charge in [-0.2, -0.15) is 0 Å². The molecule has 5 heteroatoms. The molecule has 2 heterocycles. The van der Waals surface area contributed by atoms with E-state index in [4.69, 9.17) is 9.84 Å². The number of nitrogens with zero attached hydrogens (tertiary/aromatic N) is 1. The SMILES string of the molecule is CC1(C)CN(CC2CCCO2)CC(CC(=O)O)N1. The Morgan fingerprint density at radius 3 is 2.94 bits per heavy atom. The largest absolute Gasteiger partial charge is 0.481 e. The van der Waals surface area contributed by atoms with E-state index in [1.807, 2.05) is 0 Å². The van der Waals surface area contributed by atoms with Crippen molar-refractivity contribution in [3.63, 3.8) is 0 Å². The average molecular weight is 256 g/mol. The number of rotatable bonds is 4. The minimum Gasteiger partial charge on any atom is -0.481 e. The number of carboxylic acid groups (broad SMARTS) is 1. The molecule has 0 saturated carbocycles. The van der Waals surface area contributed by atoms with E-state index in [1.54, 1.807) is 0 Å². The van der Waals surface area contributed by atoms with Crippen LogP contribution in [0.4, 0.5) is 0 Å². The monoisotopic (exact) mass is 256 g/mol. The molecule has 2 unspecified atom stereocenters. The van der Waals surface area contributed by atoms with Gasteiger partial charge >= 0.3 is 5.97 Å². The highest BCUT2D eigenvalue weighted by Gasteiger charge is 2.34. The Morgan fingerprint density at radius 2 is 2.33 bits per heavy atom. The first kappa shape index (κ1) is 13.8. The number of hydrogen-bond acceptors (Lipinski definition) is 4. The zero-order valence-electron chi connectivity index (χ0n) is 11.3. The Balaban J connectivity index is 1.90. The van der Waals surface area contributed by atoms with Crippen molar-refractivity contribution < 1.29 is 14.6 Å². The number of carbonyl (C=O) groups is 1. The molecular formula is C13H24N2O3. The fourth-order valence-electron chi connectivity index (χ4n) is 3.12. The van der Waals surface area contributed by atoms with Gasteiger partial charge in [0.25, 0.3) is 0 Å². The number of hydrogen-bond donors (Lipinski definition) is 2. The van der Waals surface area contributed by atoms with Crippen LogP contribution in [0, 0.1) is 0 Å². The Bertz CT molecular complexity index is 301. The summed E-state index contributed by atoms with van der Waals surface area (Å²) in [7, 11) is 0. The number of piperazine rings is 1. The van der Waals surface area contributed by atoms with Crippen LogP contribution in [0.3, 0.4) is 0 Å². The molecule has 0 amide bonds. The smallest absolute Gasteiger partial charge is 0.304 e. The molecule has 18 heavy (non-hydrogen) atoms. The predicted octanol–water partition coefficient (Wildman–Crippen LogP) is 0.693. The van der Waals surface area contributed by atoms with Gasteiger partial charge in [-0.15, -0.1) is 0 Å². The molecule has 0 aromatic rings. The van der Waals surface area contributed by atoms with Gasteiger partial charge in [0.15, 0.2) is 0 Å². The van der Waals surface area contributed by atoms with E-state index in [9.17, 15) is 4.79 Å². The summed E-state index contributed by atoms with van der Waals surface area (Å²) in [4.78, 5) is 13.2. The number of ether oxygens (including phenoxy) is 1.